The van der Waals surface area contributed by atoms with E-state index in [4.69, 9.17) is 10.5 Å². The van der Waals surface area contributed by atoms with Crippen LogP contribution in [0.15, 0.2) is 0 Å². The average Bonchev–Trinajstić information content (AvgIpc) is 2.84. The highest BCUT2D eigenvalue weighted by atomic mass is 16.5. The molecule has 19 heavy (non-hydrogen) atoms. The first-order valence-electron chi connectivity index (χ1n) is 8.05. The predicted molar refractivity (Wildman–Crippen MR) is 80.2 cm³/mol. The van der Waals surface area contributed by atoms with Crippen molar-refractivity contribution in [3.8, 4) is 0 Å². The summed E-state index contributed by atoms with van der Waals surface area (Å²) in [5, 5.41) is 0. The second-order valence-electron chi connectivity index (χ2n) is 7.07. The summed E-state index contributed by atoms with van der Waals surface area (Å²) in [4.78, 5) is 2.58. The molecule has 0 radical (unpaired) electrons. The summed E-state index contributed by atoms with van der Waals surface area (Å²) in [6.07, 6.45) is 6.74. The molecule has 1 heterocycles. The fourth-order valence-electron chi connectivity index (χ4n) is 4.19. The molecule has 2 aliphatic rings. The Labute approximate surface area is 118 Å². The van der Waals surface area contributed by atoms with Crippen LogP contribution in [0.5, 0.6) is 0 Å². The Hall–Kier alpha value is -0.120. The van der Waals surface area contributed by atoms with Gasteiger partial charge in [-0.3, -0.25) is 4.90 Å². The van der Waals surface area contributed by atoms with E-state index in [-0.39, 0.29) is 5.54 Å². The summed E-state index contributed by atoms with van der Waals surface area (Å²) >= 11 is 0. The average molecular weight is 268 g/mol. The molecule has 0 aromatic carbocycles. The third-order valence-electron chi connectivity index (χ3n) is 5.76. The number of likely N-dealkylation sites (N-methyl/N-ethyl adjacent to an activating group) is 1. The number of ether oxygens (including phenoxy) is 1. The molecular formula is C16H32N2O. The predicted octanol–water partition coefficient (Wildman–Crippen LogP) is 2.64. The van der Waals surface area contributed by atoms with Crippen LogP contribution < -0.4 is 5.73 Å². The normalized spacial score (nSPS) is 40.3. The van der Waals surface area contributed by atoms with Gasteiger partial charge in [-0.1, -0.05) is 26.7 Å². The molecule has 0 bridgehead atoms. The summed E-state index contributed by atoms with van der Waals surface area (Å²) in [5.41, 5.74) is 6.44. The van der Waals surface area contributed by atoms with Crippen molar-refractivity contribution in [2.45, 2.75) is 70.6 Å². The largest absolute Gasteiger partial charge is 0.377 e. The minimum atomic E-state index is 0.208. The van der Waals surface area contributed by atoms with E-state index in [9.17, 15) is 0 Å². The van der Waals surface area contributed by atoms with E-state index in [2.05, 4.69) is 32.7 Å². The minimum Gasteiger partial charge on any atom is -0.377 e. The van der Waals surface area contributed by atoms with Crippen molar-refractivity contribution in [2.75, 3.05) is 20.2 Å². The molecule has 1 aliphatic carbocycles. The molecule has 2 N–H and O–H groups in total. The smallest absolute Gasteiger partial charge is 0.0703 e. The first-order valence-corrected chi connectivity index (χ1v) is 8.05. The lowest BCUT2D eigenvalue weighted by atomic mass is 9.70. The van der Waals surface area contributed by atoms with Gasteiger partial charge in [0.15, 0.2) is 0 Å². The number of hydrogen-bond donors (Lipinski definition) is 1. The lowest BCUT2D eigenvalue weighted by Crippen LogP contribution is -2.59. The van der Waals surface area contributed by atoms with E-state index in [1.54, 1.807) is 0 Å². The van der Waals surface area contributed by atoms with Gasteiger partial charge in [0, 0.05) is 24.7 Å². The maximum atomic E-state index is 6.23. The van der Waals surface area contributed by atoms with Gasteiger partial charge in [0.25, 0.3) is 0 Å². The molecule has 0 amide bonds. The fourth-order valence-corrected chi connectivity index (χ4v) is 4.19. The number of hydrogen-bond acceptors (Lipinski definition) is 3. The Bertz CT molecular complexity index is 294. The van der Waals surface area contributed by atoms with Crippen molar-refractivity contribution in [3.63, 3.8) is 0 Å². The monoisotopic (exact) mass is 268 g/mol. The van der Waals surface area contributed by atoms with Crippen molar-refractivity contribution in [1.29, 1.82) is 0 Å². The van der Waals surface area contributed by atoms with Gasteiger partial charge in [0.1, 0.15) is 0 Å². The molecule has 3 heteroatoms. The SMILES string of the molecule is CC(C)C1CCCC(CN)(N(C)C2CCOC2C)C1. The van der Waals surface area contributed by atoms with Gasteiger partial charge >= 0.3 is 0 Å². The van der Waals surface area contributed by atoms with Gasteiger partial charge in [-0.05, 0) is 45.1 Å². The van der Waals surface area contributed by atoms with E-state index in [1.807, 2.05) is 0 Å². The van der Waals surface area contributed by atoms with Crippen molar-refractivity contribution < 1.29 is 4.74 Å². The molecule has 1 saturated heterocycles. The quantitative estimate of drug-likeness (QED) is 0.852. The minimum absolute atomic E-state index is 0.208. The zero-order chi connectivity index (χ0) is 14.0. The van der Waals surface area contributed by atoms with Crippen LogP contribution in [0.2, 0.25) is 0 Å². The van der Waals surface area contributed by atoms with Gasteiger partial charge in [0.2, 0.25) is 0 Å². The van der Waals surface area contributed by atoms with Crippen molar-refractivity contribution >= 4 is 0 Å². The molecular weight excluding hydrogens is 236 g/mol. The number of nitrogens with zero attached hydrogens (tertiary/aromatic N) is 1. The van der Waals surface area contributed by atoms with Crippen LogP contribution in [0.1, 0.15) is 52.9 Å². The van der Waals surface area contributed by atoms with Crippen molar-refractivity contribution in [1.82, 2.24) is 4.90 Å². The first kappa shape index (κ1) is 15.3. The van der Waals surface area contributed by atoms with Crippen LogP contribution in [0.4, 0.5) is 0 Å². The van der Waals surface area contributed by atoms with Crippen LogP contribution in [0.3, 0.4) is 0 Å². The molecule has 0 aromatic heterocycles. The molecule has 112 valence electrons. The van der Waals surface area contributed by atoms with Crippen LogP contribution in [-0.2, 0) is 4.74 Å². The fraction of sp³-hybridized carbons (Fsp3) is 1.00. The Balaban J connectivity index is 2.12. The molecule has 4 atom stereocenters. The maximum Gasteiger partial charge on any atom is 0.0703 e. The third kappa shape index (κ3) is 2.98. The molecule has 3 nitrogen and oxygen atoms in total. The molecule has 2 rings (SSSR count). The lowest BCUT2D eigenvalue weighted by Gasteiger charge is -2.50. The van der Waals surface area contributed by atoms with Gasteiger partial charge in [0.05, 0.1) is 6.10 Å². The highest BCUT2D eigenvalue weighted by molar-refractivity contribution is 5.00. The molecule has 1 aliphatic heterocycles. The zero-order valence-corrected chi connectivity index (χ0v) is 13.2. The summed E-state index contributed by atoms with van der Waals surface area (Å²) in [6.45, 7) is 8.62. The maximum absolute atomic E-state index is 6.23. The summed E-state index contributed by atoms with van der Waals surface area (Å²) in [5.74, 6) is 1.61. The standard InChI is InChI=1S/C16H32N2O/c1-12(2)14-6-5-8-16(10-14,11-17)18(4)15-7-9-19-13(15)3/h12-15H,5-11,17H2,1-4H3. The van der Waals surface area contributed by atoms with Gasteiger partial charge in [-0.2, -0.15) is 0 Å². The lowest BCUT2D eigenvalue weighted by molar-refractivity contribution is -0.00930. The topological polar surface area (TPSA) is 38.5 Å². The molecule has 0 aromatic rings. The first-order chi connectivity index (χ1) is 9.00. The highest BCUT2D eigenvalue weighted by Gasteiger charge is 2.44. The Morgan fingerprint density at radius 2 is 2.11 bits per heavy atom. The van der Waals surface area contributed by atoms with Crippen LogP contribution >= 0.6 is 0 Å². The van der Waals surface area contributed by atoms with Gasteiger partial charge < -0.3 is 10.5 Å². The van der Waals surface area contributed by atoms with Crippen molar-refractivity contribution in [2.24, 2.45) is 17.6 Å². The molecule has 2 fully saturated rings. The highest BCUT2D eigenvalue weighted by Crippen LogP contribution is 2.41. The second-order valence-corrected chi connectivity index (χ2v) is 7.07. The Kier molecular flexibility index (Phi) is 4.91. The van der Waals surface area contributed by atoms with E-state index in [0.717, 1.165) is 31.4 Å². The van der Waals surface area contributed by atoms with E-state index in [0.29, 0.717) is 12.1 Å². The summed E-state index contributed by atoms with van der Waals surface area (Å²) in [7, 11) is 2.28. The van der Waals surface area contributed by atoms with Gasteiger partial charge in [-0.15, -0.1) is 0 Å². The van der Waals surface area contributed by atoms with E-state index >= 15 is 0 Å². The Morgan fingerprint density at radius 1 is 1.37 bits per heavy atom. The van der Waals surface area contributed by atoms with Crippen LogP contribution in [0.25, 0.3) is 0 Å². The van der Waals surface area contributed by atoms with Crippen LogP contribution in [0, 0.1) is 11.8 Å². The summed E-state index contributed by atoms with van der Waals surface area (Å²) < 4.78 is 5.76. The third-order valence-corrected chi connectivity index (χ3v) is 5.76. The number of rotatable bonds is 4. The molecule has 4 unspecified atom stereocenters. The van der Waals surface area contributed by atoms with E-state index in [1.165, 1.54) is 25.7 Å². The molecule has 0 spiro atoms. The van der Waals surface area contributed by atoms with E-state index < -0.39 is 0 Å². The van der Waals surface area contributed by atoms with Crippen LogP contribution in [-0.4, -0.2) is 42.8 Å². The molecule has 1 saturated carbocycles. The van der Waals surface area contributed by atoms with Gasteiger partial charge in [-0.25, -0.2) is 0 Å². The van der Waals surface area contributed by atoms with Crippen molar-refractivity contribution in [3.05, 3.63) is 0 Å². The zero-order valence-electron chi connectivity index (χ0n) is 13.2. The summed E-state index contributed by atoms with van der Waals surface area (Å²) in [6, 6.07) is 0.550. The second kappa shape index (κ2) is 6.11. The number of nitrogens with two attached hydrogens (primary N) is 1. The Morgan fingerprint density at radius 3 is 2.63 bits per heavy atom.